The van der Waals surface area contributed by atoms with Gasteiger partial charge in [-0.05, 0) is 56.2 Å². The summed E-state index contributed by atoms with van der Waals surface area (Å²) in [6.45, 7) is 6.08. The van der Waals surface area contributed by atoms with Crippen molar-refractivity contribution in [2.75, 3.05) is 26.2 Å². The first kappa shape index (κ1) is 16.9. The van der Waals surface area contributed by atoms with Crippen LogP contribution in [0.1, 0.15) is 50.6 Å². The largest absolute Gasteiger partial charge is 0.465 e. The van der Waals surface area contributed by atoms with Gasteiger partial charge in [-0.25, -0.2) is 4.79 Å². The maximum Gasteiger partial charge on any atom is 0.407 e. The molecule has 1 unspecified atom stereocenters. The lowest BCUT2D eigenvalue weighted by Gasteiger charge is -2.58. The number of nitrogens with zero attached hydrogens (tertiary/aromatic N) is 4. The molecule has 1 aromatic rings. The first-order chi connectivity index (χ1) is 12.0. The smallest absolute Gasteiger partial charge is 0.407 e. The van der Waals surface area contributed by atoms with Crippen molar-refractivity contribution in [1.29, 1.82) is 0 Å². The van der Waals surface area contributed by atoms with Gasteiger partial charge in [0.05, 0.1) is 0 Å². The van der Waals surface area contributed by atoms with E-state index >= 15 is 0 Å². The Morgan fingerprint density at radius 1 is 1.36 bits per heavy atom. The minimum absolute atomic E-state index is 0.261. The number of aromatic nitrogens is 2. The molecule has 6 heteroatoms. The number of likely N-dealkylation sites (tertiary alicyclic amines) is 2. The molecule has 0 aromatic carbocycles. The molecule has 1 aliphatic carbocycles. The number of rotatable bonds is 3. The summed E-state index contributed by atoms with van der Waals surface area (Å²) in [5.74, 6) is 1.29. The van der Waals surface area contributed by atoms with Gasteiger partial charge < -0.3 is 14.9 Å². The van der Waals surface area contributed by atoms with Crippen molar-refractivity contribution in [3.05, 3.63) is 18.0 Å². The van der Waals surface area contributed by atoms with Crippen molar-refractivity contribution in [2.45, 2.75) is 51.0 Å². The zero-order valence-electron chi connectivity index (χ0n) is 15.4. The van der Waals surface area contributed by atoms with E-state index in [4.69, 9.17) is 0 Å². The summed E-state index contributed by atoms with van der Waals surface area (Å²) >= 11 is 0. The average Bonchev–Trinajstić information content (AvgIpc) is 3.21. The van der Waals surface area contributed by atoms with Crippen LogP contribution in [0.2, 0.25) is 0 Å². The Labute approximate surface area is 149 Å². The van der Waals surface area contributed by atoms with Crippen LogP contribution < -0.4 is 0 Å². The molecule has 1 aromatic heterocycles. The van der Waals surface area contributed by atoms with E-state index in [0.717, 1.165) is 32.6 Å². The first-order valence-electron chi connectivity index (χ1n) is 9.74. The number of piperidine rings is 1. The zero-order chi connectivity index (χ0) is 17.6. The lowest BCUT2D eigenvalue weighted by atomic mass is 9.54. The van der Waals surface area contributed by atoms with Gasteiger partial charge in [0.1, 0.15) is 0 Å². The van der Waals surface area contributed by atoms with E-state index < -0.39 is 6.09 Å². The summed E-state index contributed by atoms with van der Waals surface area (Å²) in [5, 5.41) is 13.6. The molecule has 3 fully saturated rings. The Morgan fingerprint density at radius 2 is 2.12 bits per heavy atom. The Hall–Kier alpha value is -1.56. The number of amides is 1. The number of carbonyl (C=O) groups is 1. The number of hydrogen-bond donors (Lipinski definition) is 1. The molecule has 138 valence electrons. The van der Waals surface area contributed by atoms with Crippen molar-refractivity contribution in [3.8, 4) is 0 Å². The second-order valence-corrected chi connectivity index (χ2v) is 8.29. The van der Waals surface area contributed by atoms with Gasteiger partial charge in [-0.1, -0.05) is 13.3 Å². The molecular formula is C19H30N4O2. The molecule has 4 rings (SSSR count). The van der Waals surface area contributed by atoms with E-state index in [1.807, 2.05) is 17.9 Å². The topological polar surface area (TPSA) is 61.6 Å². The van der Waals surface area contributed by atoms with Crippen LogP contribution in [0.5, 0.6) is 0 Å². The van der Waals surface area contributed by atoms with Crippen molar-refractivity contribution >= 4 is 6.09 Å². The highest BCUT2D eigenvalue weighted by Crippen LogP contribution is 2.56. The molecule has 1 spiro atoms. The van der Waals surface area contributed by atoms with Crippen LogP contribution in [-0.2, 0) is 7.05 Å². The molecule has 3 atom stereocenters. The van der Waals surface area contributed by atoms with Crippen molar-refractivity contribution < 1.29 is 9.90 Å². The third kappa shape index (κ3) is 2.75. The number of carboxylic acid groups (broad SMARTS) is 1. The summed E-state index contributed by atoms with van der Waals surface area (Å²) < 4.78 is 2.02. The molecule has 3 heterocycles. The Kier molecular flexibility index (Phi) is 4.26. The maximum atomic E-state index is 11.3. The molecule has 1 N–H and O–H groups in total. The number of hydrogen-bond acceptors (Lipinski definition) is 3. The van der Waals surface area contributed by atoms with Gasteiger partial charge >= 0.3 is 6.09 Å². The van der Waals surface area contributed by atoms with Gasteiger partial charge in [0.15, 0.2) is 0 Å². The Bertz CT molecular complexity index is 637. The molecule has 25 heavy (non-hydrogen) atoms. The van der Waals surface area contributed by atoms with Crippen molar-refractivity contribution in [1.82, 2.24) is 19.6 Å². The van der Waals surface area contributed by atoms with Crippen LogP contribution in [0, 0.1) is 11.3 Å². The third-order valence-electron chi connectivity index (χ3n) is 7.24. The molecule has 2 aliphatic heterocycles. The van der Waals surface area contributed by atoms with Crippen LogP contribution in [0.25, 0.3) is 0 Å². The van der Waals surface area contributed by atoms with E-state index in [9.17, 15) is 9.90 Å². The molecule has 2 saturated heterocycles. The highest BCUT2D eigenvalue weighted by molar-refractivity contribution is 5.65. The normalized spacial score (nSPS) is 33.8. The third-order valence-corrected chi connectivity index (χ3v) is 7.24. The summed E-state index contributed by atoms with van der Waals surface area (Å²) in [6, 6.07) is 2.82. The van der Waals surface area contributed by atoms with E-state index in [0.29, 0.717) is 17.9 Å². The molecule has 0 radical (unpaired) electrons. The summed E-state index contributed by atoms with van der Waals surface area (Å²) in [7, 11) is 2.04. The van der Waals surface area contributed by atoms with Gasteiger partial charge in [-0.2, -0.15) is 5.10 Å². The Morgan fingerprint density at radius 3 is 2.68 bits per heavy atom. The van der Waals surface area contributed by atoms with Crippen LogP contribution in [0.4, 0.5) is 4.79 Å². The first-order valence-corrected chi connectivity index (χ1v) is 9.74. The fourth-order valence-corrected chi connectivity index (χ4v) is 5.89. The Balaban J connectivity index is 1.36. The fraction of sp³-hybridized carbons (Fsp3) is 0.789. The molecule has 1 amide bonds. The van der Waals surface area contributed by atoms with E-state index in [1.54, 1.807) is 4.90 Å². The molecule has 0 bridgehead atoms. The summed E-state index contributed by atoms with van der Waals surface area (Å²) in [6.07, 6.45) is 6.98. The van der Waals surface area contributed by atoms with Crippen LogP contribution >= 0.6 is 0 Å². The average molecular weight is 346 g/mol. The van der Waals surface area contributed by atoms with Gasteiger partial charge in [0.25, 0.3) is 0 Å². The lowest BCUT2D eigenvalue weighted by Crippen LogP contribution is -2.61. The highest BCUT2D eigenvalue weighted by Gasteiger charge is 2.57. The molecule has 6 nitrogen and oxygen atoms in total. The molecule has 3 aliphatic rings. The van der Waals surface area contributed by atoms with Crippen LogP contribution in [0.15, 0.2) is 12.3 Å². The monoisotopic (exact) mass is 346 g/mol. The standard InChI is InChI=1S/C19H30N4O2/c1-3-15-17(12-19(15)7-11-23(13-19)18(24)25)22-9-5-14(6-10-22)16-4-8-20-21(16)2/h4,8,14-15,17H,3,5-7,9-13H2,1-2H3,(H,24,25)/t15-,17-,19?/m0/s1. The highest BCUT2D eigenvalue weighted by atomic mass is 16.4. The minimum atomic E-state index is -0.743. The minimum Gasteiger partial charge on any atom is -0.465 e. The molecular weight excluding hydrogens is 316 g/mol. The van der Waals surface area contributed by atoms with E-state index in [1.165, 1.54) is 31.4 Å². The van der Waals surface area contributed by atoms with Crippen molar-refractivity contribution in [2.24, 2.45) is 18.4 Å². The van der Waals surface area contributed by atoms with E-state index in [-0.39, 0.29) is 5.41 Å². The van der Waals surface area contributed by atoms with Crippen molar-refractivity contribution in [3.63, 3.8) is 0 Å². The predicted octanol–water partition coefficient (Wildman–Crippen LogP) is 2.77. The second-order valence-electron chi connectivity index (χ2n) is 8.29. The van der Waals surface area contributed by atoms with Gasteiger partial charge in [0, 0.05) is 44.0 Å². The summed E-state index contributed by atoms with van der Waals surface area (Å²) in [5.41, 5.74) is 1.63. The van der Waals surface area contributed by atoms with Gasteiger partial charge in [0.2, 0.25) is 0 Å². The fourth-order valence-electron chi connectivity index (χ4n) is 5.89. The molecule has 1 saturated carbocycles. The summed E-state index contributed by atoms with van der Waals surface area (Å²) in [4.78, 5) is 15.6. The van der Waals surface area contributed by atoms with E-state index in [2.05, 4.69) is 23.0 Å². The SMILES string of the molecule is CC[C@H]1[C@@H](N2CCC(c3ccnn3C)CC2)CC12CCN(C(=O)O)C2. The van der Waals surface area contributed by atoms with Gasteiger partial charge in [-0.3, -0.25) is 4.68 Å². The number of aryl methyl sites for hydroxylation is 1. The zero-order valence-corrected chi connectivity index (χ0v) is 15.4. The lowest BCUT2D eigenvalue weighted by molar-refractivity contribution is -0.0776. The predicted molar refractivity (Wildman–Crippen MR) is 95.6 cm³/mol. The van der Waals surface area contributed by atoms with Crippen LogP contribution in [0.3, 0.4) is 0 Å². The maximum absolute atomic E-state index is 11.3. The quantitative estimate of drug-likeness (QED) is 0.914. The van der Waals surface area contributed by atoms with Gasteiger partial charge in [-0.15, -0.1) is 0 Å². The second kappa shape index (κ2) is 6.31. The van der Waals surface area contributed by atoms with Crippen LogP contribution in [-0.4, -0.2) is 63.0 Å².